The summed E-state index contributed by atoms with van der Waals surface area (Å²) in [5.74, 6) is 2.90. The zero-order valence-corrected chi connectivity index (χ0v) is 14.9. The van der Waals surface area contributed by atoms with E-state index in [-0.39, 0.29) is 5.92 Å². The van der Waals surface area contributed by atoms with E-state index in [2.05, 4.69) is 15.4 Å². The van der Waals surface area contributed by atoms with Crippen molar-refractivity contribution in [1.82, 2.24) is 15.4 Å². The van der Waals surface area contributed by atoms with Crippen molar-refractivity contribution in [3.8, 4) is 17.2 Å². The smallest absolute Gasteiger partial charge is 0.247 e. The Hall–Kier alpha value is -2.67. The second-order valence-corrected chi connectivity index (χ2v) is 6.48. The molecule has 4 rings (SSSR count). The van der Waals surface area contributed by atoms with Crippen molar-refractivity contribution in [2.75, 3.05) is 13.2 Å². The van der Waals surface area contributed by atoms with Gasteiger partial charge in [-0.1, -0.05) is 5.16 Å². The lowest BCUT2D eigenvalue weighted by molar-refractivity contribution is 0.0727. The van der Waals surface area contributed by atoms with E-state index in [0.29, 0.717) is 25.0 Å². The van der Waals surface area contributed by atoms with E-state index >= 15 is 0 Å². The average molecular weight is 355 g/mol. The third kappa shape index (κ3) is 3.48. The minimum atomic E-state index is 0.197. The van der Waals surface area contributed by atoms with E-state index in [1.54, 1.807) is 0 Å². The van der Waals surface area contributed by atoms with Gasteiger partial charge in [0, 0.05) is 12.2 Å². The molecular formula is C19H21N3O4. The van der Waals surface area contributed by atoms with Gasteiger partial charge in [-0.25, -0.2) is 0 Å². The van der Waals surface area contributed by atoms with Crippen LogP contribution in [0.1, 0.15) is 41.7 Å². The molecule has 0 N–H and O–H groups in total. The van der Waals surface area contributed by atoms with Gasteiger partial charge >= 0.3 is 0 Å². The molecule has 1 aliphatic heterocycles. The highest BCUT2D eigenvalue weighted by Gasteiger charge is 2.22. The van der Waals surface area contributed by atoms with Gasteiger partial charge in [0.2, 0.25) is 11.8 Å². The Balaban J connectivity index is 1.42. The quantitative estimate of drug-likeness (QED) is 0.688. The monoisotopic (exact) mass is 355 g/mol. The molecule has 1 aliphatic rings. The minimum absolute atomic E-state index is 0.197. The summed E-state index contributed by atoms with van der Waals surface area (Å²) in [5, 5.41) is 12.3. The van der Waals surface area contributed by atoms with Crippen LogP contribution in [0.15, 0.2) is 33.2 Å². The predicted molar refractivity (Wildman–Crippen MR) is 92.8 cm³/mol. The van der Waals surface area contributed by atoms with E-state index in [9.17, 15) is 0 Å². The number of hydrogen-bond donors (Lipinski definition) is 0. The van der Waals surface area contributed by atoms with Gasteiger partial charge in [0.05, 0.1) is 23.8 Å². The van der Waals surface area contributed by atoms with E-state index in [1.807, 2.05) is 38.1 Å². The van der Waals surface area contributed by atoms with E-state index in [1.165, 1.54) is 0 Å². The third-order valence-electron chi connectivity index (χ3n) is 4.62. The molecule has 7 nitrogen and oxygen atoms in total. The Morgan fingerprint density at radius 1 is 1.15 bits per heavy atom. The number of aromatic nitrogens is 3. The fourth-order valence-corrected chi connectivity index (χ4v) is 3.01. The van der Waals surface area contributed by atoms with Crippen LogP contribution in [0.5, 0.6) is 5.75 Å². The van der Waals surface area contributed by atoms with Crippen LogP contribution in [0.3, 0.4) is 0 Å². The van der Waals surface area contributed by atoms with Crippen LogP contribution in [-0.2, 0) is 11.3 Å². The van der Waals surface area contributed by atoms with Gasteiger partial charge in [0.1, 0.15) is 18.1 Å². The summed E-state index contributed by atoms with van der Waals surface area (Å²) in [5.41, 5.74) is 2.69. The maximum atomic E-state index is 5.84. The van der Waals surface area contributed by atoms with Gasteiger partial charge in [-0.2, -0.15) is 0 Å². The highest BCUT2D eigenvalue weighted by Crippen LogP contribution is 2.28. The first-order valence-corrected chi connectivity index (χ1v) is 8.77. The van der Waals surface area contributed by atoms with Crippen LogP contribution in [-0.4, -0.2) is 28.6 Å². The average Bonchev–Trinajstić information content (AvgIpc) is 3.29. The van der Waals surface area contributed by atoms with E-state index in [0.717, 1.165) is 47.8 Å². The second-order valence-electron chi connectivity index (χ2n) is 6.48. The fraction of sp³-hybridized carbons (Fsp3) is 0.421. The van der Waals surface area contributed by atoms with Crippen molar-refractivity contribution in [3.05, 3.63) is 47.2 Å². The summed E-state index contributed by atoms with van der Waals surface area (Å²) >= 11 is 0. The molecule has 2 aromatic heterocycles. The van der Waals surface area contributed by atoms with Crippen LogP contribution in [0, 0.1) is 13.8 Å². The molecule has 0 aliphatic carbocycles. The minimum Gasteiger partial charge on any atom is -0.489 e. The Labute approximate surface area is 151 Å². The first-order chi connectivity index (χ1) is 12.7. The highest BCUT2D eigenvalue weighted by molar-refractivity contribution is 5.54. The van der Waals surface area contributed by atoms with Gasteiger partial charge in [0.25, 0.3) is 0 Å². The van der Waals surface area contributed by atoms with Crippen molar-refractivity contribution in [2.45, 2.75) is 39.2 Å². The predicted octanol–water partition coefficient (Wildman–Crippen LogP) is 3.81. The normalized spacial score (nSPS) is 17.4. The third-order valence-corrected chi connectivity index (χ3v) is 4.62. The lowest BCUT2D eigenvalue weighted by Gasteiger charge is -2.18. The van der Waals surface area contributed by atoms with Crippen molar-refractivity contribution in [3.63, 3.8) is 0 Å². The van der Waals surface area contributed by atoms with E-state index < -0.39 is 0 Å². The zero-order chi connectivity index (χ0) is 17.9. The summed E-state index contributed by atoms with van der Waals surface area (Å²) in [6, 6.07) is 7.61. The molecule has 7 heteroatoms. The van der Waals surface area contributed by atoms with Gasteiger partial charge < -0.3 is 18.4 Å². The largest absolute Gasteiger partial charge is 0.489 e. The number of benzene rings is 1. The number of nitrogens with zero attached hydrogens (tertiary/aromatic N) is 3. The van der Waals surface area contributed by atoms with Crippen LogP contribution in [0.4, 0.5) is 0 Å². The number of ether oxygens (including phenoxy) is 2. The molecule has 0 amide bonds. The molecule has 1 unspecified atom stereocenters. The molecule has 0 spiro atoms. The Morgan fingerprint density at radius 3 is 2.69 bits per heavy atom. The first kappa shape index (κ1) is 16.8. The van der Waals surface area contributed by atoms with Crippen molar-refractivity contribution in [1.29, 1.82) is 0 Å². The summed E-state index contributed by atoms with van der Waals surface area (Å²) in [4.78, 5) is 0. The molecule has 1 atom stereocenters. The second kappa shape index (κ2) is 7.29. The van der Waals surface area contributed by atoms with Gasteiger partial charge in [-0.3, -0.25) is 0 Å². The molecule has 1 saturated heterocycles. The summed E-state index contributed by atoms with van der Waals surface area (Å²) in [6.07, 6.45) is 2.05. The first-order valence-electron chi connectivity index (χ1n) is 8.77. The van der Waals surface area contributed by atoms with Crippen LogP contribution in [0.2, 0.25) is 0 Å². The maximum Gasteiger partial charge on any atom is 0.247 e. The van der Waals surface area contributed by atoms with Gasteiger partial charge in [-0.05, 0) is 51.0 Å². The van der Waals surface area contributed by atoms with Crippen molar-refractivity contribution >= 4 is 0 Å². The number of hydrogen-bond acceptors (Lipinski definition) is 7. The molecule has 136 valence electrons. The molecule has 3 heterocycles. The van der Waals surface area contributed by atoms with E-state index in [4.69, 9.17) is 18.4 Å². The number of aryl methyl sites for hydroxylation is 2. The van der Waals surface area contributed by atoms with Crippen LogP contribution < -0.4 is 4.74 Å². The topological polar surface area (TPSA) is 83.4 Å². The zero-order valence-electron chi connectivity index (χ0n) is 14.9. The SMILES string of the molecule is Cc1noc(C)c1COc1ccc(-c2nnc(C3CCCOC3)o2)cc1. The molecule has 0 saturated carbocycles. The lowest BCUT2D eigenvalue weighted by atomic mass is 10.0. The number of rotatable bonds is 5. The lowest BCUT2D eigenvalue weighted by Crippen LogP contribution is -2.15. The molecule has 3 aromatic rings. The van der Waals surface area contributed by atoms with Crippen molar-refractivity contribution < 1.29 is 18.4 Å². The molecular weight excluding hydrogens is 334 g/mol. The molecule has 1 aromatic carbocycles. The Morgan fingerprint density at radius 2 is 2.00 bits per heavy atom. The molecule has 0 radical (unpaired) electrons. The summed E-state index contributed by atoms with van der Waals surface area (Å²) in [7, 11) is 0. The Bertz CT molecular complexity index is 844. The van der Waals surface area contributed by atoms with Crippen LogP contribution in [0.25, 0.3) is 11.5 Å². The summed E-state index contributed by atoms with van der Waals surface area (Å²) in [6.45, 7) is 5.67. The molecule has 26 heavy (non-hydrogen) atoms. The van der Waals surface area contributed by atoms with Crippen LogP contribution >= 0.6 is 0 Å². The molecule has 1 fully saturated rings. The fourth-order valence-electron chi connectivity index (χ4n) is 3.01. The van der Waals surface area contributed by atoms with Crippen molar-refractivity contribution in [2.24, 2.45) is 0 Å². The summed E-state index contributed by atoms with van der Waals surface area (Å²) < 4.78 is 22.3. The van der Waals surface area contributed by atoms with Gasteiger partial charge in [0.15, 0.2) is 0 Å². The highest BCUT2D eigenvalue weighted by atomic mass is 16.5. The van der Waals surface area contributed by atoms with Gasteiger partial charge in [-0.15, -0.1) is 10.2 Å². The maximum absolute atomic E-state index is 5.84. The standard InChI is InChI=1S/C19H21N3O4/c1-12-17(13(2)26-22-12)11-24-16-7-5-14(6-8-16)18-20-21-19(25-18)15-4-3-9-23-10-15/h5-8,15H,3-4,9-11H2,1-2H3. The Kier molecular flexibility index (Phi) is 4.71. The molecule has 0 bridgehead atoms.